The van der Waals surface area contributed by atoms with Gasteiger partial charge in [0.05, 0.1) is 0 Å². The molecule has 0 aliphatic heterocycles. The van der Waals surface area contributed by atoms with Gasteiger partial charge in [0.2, 0.25) is 6.41 Å². The molecule has 1 fully saturated rings. The van der Waals surface area contributed by atoms with E-state index in [0.717, 1.165) is 13.0 Å². The molecule has 0 saturated heterocycles. The van der Waals surface area contributed by atoms with Crippen molar-refractivity contribution in [3.63, 3.8) is 0 Å². The first-order valence-corrected chi connectivity index (χ1v) is 3.88. The summed E-state index contributed by atoms with van der Waals surface area (Å²) in [5.74, 6) is 0.708. The third kappa shape index (κ3) is 1.31. The highest BCUT2D eigenvalue weighted by molar-refractivity contribution is 5.46. The predicted molar refractivity (Wildman–Crippen MR) is 40.6 cm³/mol. The Balaban J connectivity index is 2.30. The summed E-state index contributed by atoms with van der Waals surface area (Å²) in [6, 6.07) is 0. The van der Waals surface area contributed by atoms with Crippen LogP contribution < -0.4 is 5.32 Å². The molecule has 0 atom stereocenters. The summed E-state index contributed by atoms with van der Waals surface area (Å²) in [7, 11) is 0. The van der Waals surface area contributed by atoms with Crippen LogP contribution in [0.1, 0.15) is 26.7 Å². The number of rotatable bonds is 4. The van der Waals surface area contributed by atoms with Gasteiger partial charge in [-0.15, -0.1) is 0 Å². The van der Waals surface area contributed by atoms with Crippen molar-refractivity contribution in [1.82, 2.24) is 5.32 Å². The second-order valence-corrected chi connectivity index (χ2v) is 3.52. The van der Waals surface area contributed by atoms with E-state index in [2.05, 4.69) is 19.2 Å². The van der Waals surface area contributed by atoms with Gasteiger partial charge in [-0.1, -0.05) is 13.8 Å². The molecule has 1 N–H and O–H groups in total. The highest BCUT2D eigenvalue weighted by Crippen LogP contribution is 2.51. The van der Waals surface area contributed by atoms with E-state index in [1.807, 2.05) is 0 Å². The molecule has 2 nitrogen and oxygen atoms in total. The molecule has 58 valence electrons. The fraction of sp³-hybridized carbons (Fsp3) is 0.875. The molecular formula is C8H15NO. The van der Waals surface area contributed by atoms with Gasteiger partial charge in [-0.25, -0.2) is 0 Å². The molecule has 0 radical (unpaired) electrons. The normalized spacial score (nSPS) is 20.7. The summed E-state index contributed by atoms with van der Waals surface area (Å²) < 4.78 is 0. The molecular weight excluding hydrogens is 126 g/mol. The molecule has 1 amide bonds. The zero-order valence-corrected chi connectivity index (χ0v) is 6.68. The zero-order chi connectivity index (χ0) is 7.61. The van der Waals surface area contributed by atoms with Crippen LogP contribution in [0, 0.1) is 11.3 Å². The Morgan fingerprint density at radius 3 is 2.50 bits per heavy atom. The quantitative estimate of drug-likeness (QED) is 0.585. The van der Waals surface area contributed by atoms with Crippen LogP contribution in [0.15, 0.2) is 0 Å². The lowest BCUT2D eigenvalue weighted by Crippen LogP contribution is -2.26. The van der Waals surface area contributed by atoms with Crippen molar-refractivity contribution in [2.45, 2.75) is 26.7 Å². The minimum Gasteiger partial charge on any atom is -0.358 e. The molecule has 1 rings (SSSR count). The van der Waals surface area contributed by atoms with E-state index < -0.39 is 0 Å². The van der Waals surface area contributed by atoms with Gasteiger partial charge in [0, 0.05) is 6.54 Å². The molecule has 2 heteroatoms. The first-order valence-electron chi connectivity index (χ1n) is 3.88. The third-order valence-electron chi connectivity index (χ3n) is 2.65. The van der Waals surface area contributed by atoms with E-state index in [-0.39, 0.29) is 0 Å². The Hall–Kier alpha value is -0.530. The first-order chi connectivity index (χ1) is 4.71. The van der Waals surface area contributed by atoms with Crippen molar-refractivity contribution in [2.24, 2.45) is 11.3 Å². The van der Waals surface area contributed by atoms with E-state index in [1.165, 1.54) is 12.8 Å². The number of nitrogens with one attached hydrogen (secondary N) is 1. The summed E-state index contributed by atoms with van der Waals surface area (Å²) in [5.41, 5.74) is 0.459. The molecule has 0 bridgehead atoms. The van der Waals surface area contributed by atoms with Gasteiger partial charge in [-0.05, 0) is 24.2 Å². The maximum absolute atomic E-state index is 9.99. The van der Waals surface area contributed by atoms with Crippen LogP contribution in [0.4, 0.5) is 0 Å². The molecule has 1 saturated carbocycles. The van der Waals surface area contributed by atoms with E-state index in [1.54, 1.807) is 0 Å². The third-order valence-corrected chi connectivity index (χ3v) is 2.65. The fourth-order valence-electron chi connectivity index (χ4n) is 1.36. The molecule has 1 aliphatic rings. The lowest BCUT2D eigenvalue weighted by atomic mass is 9.93. The van der Waals surface area contributed by atoms with Crippen LogP contribution >= 0.6 is 0 Å². The SMILES string of the molecule is CC(C)C1(CNC=O)CC1. The highest BCUT2D eigenvalue weighted by Gasteiger charge is 2.44. The largest absolute Gasteiger partial charge is 0.358 e. The van der Waals surface area contributed by atoms with E-state index in [4.69, 9.17) is 0 Å². The Labute approximate surface area is 62.0 Å². The molecule has 0 heterocycles. The van der Waals surface area contributed by atoms with E-state index in [9.17, 15) is 4.79 Å². The zero-order valence-electron chi connectivity index (χ0n) is 6.68. The summed E-state index contributed by atoms with van der Waals surface area (Å²) in [6.07, 6.45) is 3.36. The average Bonchev–Trinajstić information content (AvgIpc) is 2.64. The summed E-state index contributed by atoms with van der Waals surface area (Å²) >= 11 is 0. The fourth-order valence-corrected chi connectivity index (χ4v) is 1.36. The number of hydrogen-bond donors (Lipinski definition) is 1. The van der Waals surface area contributed by atoms with Gasteiger partial charge in [0.1, 0.15) is 0 Å². The number of hydrogen-bond acceptors (Lipinski definition) is 1. The Morgan fingerprint density at radius 2 is 2.20 bits per heavy atom. The molecule has 0 aromatic carbocycles. The van der Waals surface area contributed by atoms with E-state index in [0.29, 0.717) is 11.3 Å². The molecule has 0 aromatic rings. The summed E-state index contributed by atoms with van der Waals surface area (Å²) in [6.45, 7) is 5.31. The van der Waals surface area contributed by atoms with Crippen LogP contribution in [0.2, 0.25) is 0 Å². The maximum Gasteiger partial charge on any atom is 0.207 e. The van der Waals surface area contributed by atoms with Gasteiger partial charge >= 0.3 is 0 Å². The Kier molecular flexibility index (Phi) is 1.97. The Morgan fingerprint density at radius 1 is 1.60 bits per heavy atom. The number of carbonyl (C=O) groups excluding carboxylic acids is 1. The molecule has 0 unspecified atom stereocenters. The van der Waals surface area contributed by atoms with Crippen molar-refractivity contribution >= 4 is 6.41 Å². The van der Waals surface area contributed by atoms with Crippen molar-refractivity contribution in [1.29, 1.82) is 0 Å². The Bertz CT molecular complexity index is 127. The monoisotopic (exact) mass is 141 g/mol. The van der Waals surface area contributed by atoms with Crippen molar-refractivity contribution in [3.05, 3.63) is 0 Å². The van der Waals surface area contributed by atoms with Gasteiger partial charge in [-0.2, -0.15) is 0 Å². The van der Waals surface area contributed by atoms with Crippen molar-refractivity contribution in [3.8, 4) is 0 Å². The minimum atomic E-state index is 0.459. The topological polar surface area (TPSA) is 29.1 Å². The first kappa shape index (κ1) is 7.58. The van der Waals surface area contributed by atoms with Gasteiger partial charge < -0.3 is 5.32 Å². The molecule has 10 heavy (non-hydrogen) atoms. The van der Waals surface area contributed by atoms with Crippen LogP contribution in [0.5, 0.6) is 0 Å². The van der Waals surface area contributed by atoms with E-state index >= 15 is 0 Å². The van der Waals surface area contributed by atoms with Crippen LogP contribution in [-0.2, 0) is 4.79 Å². The average molecular weight is 141 g/mol. The predicted octanol–water partition coefficient (Wildman–Crippen LogP) is 1.17. The summed E-state index contributed by atoms with van der Waals surface area (Å²) in [4.78, 5) is 9.99. The van der Waals surface area contributed by atoms with Gasteiger partial charge in [0.15, 0.2) is 0 Å². The second kappa shape index (κ2) is 2.60. The van der Waals surface area contributed by atoms with Gasteiger partial charge in [0.25, 0.3) is 0 Å². The van der Waals surface area contributed by atoms with Crippen molar-refractivity contribution in [2.75, 3.05) is 6.54 Å². The van der Waals surface area contributed by atoms with Crippen LogP contribution in [0.3, 0.4) is 0 Å². The standard InChI is InChI=1S/C8H15NO/c1-7(2)8(3-4-8)5-9-6-10/h6-7H,3-5H2,1-2H3,(H,9,10). The summed E-state index contributed by atoms with van der Waals surface area (Å²) in [5, 5.41) is 2.75. The molecule has 0 aromatic heterocycles. The van der Waals surface area contributed by atoms with Crippen LogP contribution in [0.25, 0.3) is 0 Å². The highest BCUT2D eigenvalue weighted by atomic mass is 16.1. The van der Waals surface area contributed by atoms with Crippen molar-refractivity contribution < 1.29 is 4.79 Å². The molecule has 0 spiro atoms. The number of carbonyl (C=O) groups is 1. The molecule has 1 aliphatic carbocycles. The van der Waals surface area contributed by atoms with Crippen LogP contribution in [-0.4, -0.2) is 13.0 Å². The van der Waals surface area contributed by atoms with Gasteiger partial charge in [-0.3, -0.25) is 4.79 Å². The lowest BCUT2D eigenvalue weighted by Gasteiger charge is -2.17. The smallest absolute Gasteiger partial charge is 0.207 e. The minimum absolute atomic E-state index is 0.459. The lowest BCUT2D eigenvalue weighted by molar-refractivity contribution is -0.109. The number of amides is 1. The maximum atomic E-state index is 9.99. The second-order valence-electron chi connectivity index (χ2n) is 3.52.